The van der Waals surface area contributed by atoms with E-state index in [0.29, 0.717) is 19.6 Å². The molecule has 0 N–H and O–H groups in total. The highest BCUT2D eigenvalue weighted by molar-refractivity contribution is 5.82. The zero-order valence-corrected chi connectivity index (χ0v) is 12.0. The Kier molecular flexibility index (Phi) is 7.30. The Balaban J connectivity index is 2.23. The summed E-state index contributed by atoms with van der Waals surface area (Å²) >= 11 is 0. The van der Waals surface area contributed by atoms with Crippen LogP contribution in [0.2, 0.25) is 0 Å². The molecule has 5 heteroatoms. The van der Waals surface area contributed by atoms with Crippen molar-refractivity contribution in [1.82, 2.24) is 4.90 Å². The van der Waals surface area contributed by atoms with Crippen molar-refractivity contribution in [3.8, 4) is 0 Å². The lowest BCUT2D eigenvalue weighted by Crippen LogP contribution is -2.41. The molecule has 1 saturated heterocycles. The van der Waals surface area contributed by atoms with Crippen LogP contribution in [0.3, 0.4) is 0 Å². The molecule has 1 aliphatic rings. The number of ether oxygens (including phenoxy) is 2. The van der Waals surface area contributed by atoms with Crippen molar-refractivity contribution in [2.45, 2.75) is 57.9 Å². The summed E-state index contributed by atoms with van der Waals surface area (Å²) in [5, 5.41) is 0. The predicted octanol–water partition coefficient (Wildman–Crippen LogP) is 2.73. The second-order valence-electron chi connectivity index (χ2n) is 4.90. The third-order valence-corrected chi connectivity index (χ3v) is 3.43. The van der Waals surface area contributed by atoms with Gasteiger partial charge < -0.3 is 9.47 Å². The van der Waals surface area contributed by atoms with Gasteiger partial charge in [0.05, 0.1) is 13.7 Å². The predicted molar refractivity (Wildman–Crippen MR) is 71.9 cm³/mol. The number of rotatable bonds is 7. The van der Waals surface area contributed by atoms with Crippen molar-refractivity contribution in [3.05, 3.63) is 0 Å². The van der Waals surface area contributed by atoms with Gasteiger partial charge in [-0.25, -0.2) is 9.59 Å². The largest absolute Gasteiger partial charge is 0.464 e. The molecule has 1 rings (SSSR count). The average Bonchev–Trinajstić information content (AvgIpc) is 2.91. The molecule has 110 valence electrons. The van der Waals surface area contributed by atoms with Gasteiger partial charge in [-0.2, -0.15) is 0 Å². The number of likely N-dealkylation sites (tertiary alicyclic amines) is 1. The van der Waals surface area contributed by atoms with Crippen molar-refractivity contribution in [2.24, 2.45) is 0 Å². The standard InChI is InChI=1S/C14H25NO4/c1-3-4-5-6-7-11-19-13(16)12-9-8-10-15(12)14(17)18-2/h12H,3-11H2,1-2H3. The maximum absolute atomic E-state index is 11.9. The van der Waals surface area contributed by atoms with Gasteiger partial charge in [-0.1, -0.05) is 32.6 Å². The van der Waals surface area contributed by atoms with Crippen molar-refractivity contribution in [2.75, 3.05) is 20.3 Å². The molecule has 0 bridgehead atoms. The van der Waals surface area contributed by atoms with Crippen LogP contribution in [0.1, 0.15) is 51.9 Å². The smallest absolute Gasteiger partial charge is 0.410 e. The van der Waals surface area contributed by atoms with Crippen LogP contribution in [0.5, 0.6) is 0 Å². The lowest BCUT2D eigenvalue weighted by atomic mass is 10.2. The summed E-state index contributed by atoms with van der Waals surface area (Å²) in [4.78, 5) is 24.8. The average molecular weight is 271 g/mol. The quantitative estimate of drug-likeness (QED) is 0.527. The van der Waals surface area contributed by atoms with E-state index < -0.39 is 12.1 Å². The number of hydrogen-bond acceptors (Lipinski definition) is 4. The Hall–Kier alpha value is -1.26. The highest BCUT2D eigenvalue weighted by Gasteiger charge is 2.35. The summed E-state index contributed by atoms with van der Waals surface area (Å²) in [6, 6.07) is -0.455. The van der Waals surface area contributed by atoms with Crippen LogP contribution in [-0.4, -0.2) is 43.3 Å². The van der Waals surface area contributed by atoms with Crippen molar-refractivity contribution < 1.29 is 19.1 Å². The summed E-state index contributed by atoms with van der Waals surface area (Å²) in [6.45, 7) is 3.19. The highest BCUT2D eigenvalue weighted by atomic mass is 16.6. The van der Waals surface area contributed by atoms with Crippen LogP contribution in [0.25, 0.3) is 0 Å². The van der Waals surface area contributed by atoms with Gasteiger partial charge in [0.1, 0.15) is 6.04 Å². The summed E-state index contributed by atoms with van der Waals surface area (Å²) in [5.41, 5.74) is 0. The number of esters is 1. The molecule has 19 heavy (non-hydrogen) atoms. The molecule has 5 nitrogen and oxygen atoms in total. The van der Waals surface area contributed by atoms with Crippen molar-refractivity contribution >= 4 is 12.1 Å². The second-order valence-corrected chi connectivity index (χ2v) is 4.90. The number of carbonyl (C=O) groups is 2. The van der Waals surface area contributed by atoms with E-state index in [4.69, 9.17) is 4.74 Å². The number of methoxy groups -OCH3 is 1. The van der Waals surface area contributed by atoms with Crippen LogP contribution >= 0.6 is 0 Å². The number of carbonyl (C=O) groups excluding carboxylic acids is 2. The molecule has 1 amide bonds. The third kappa shape index (κ3) is 5.09. The zero-order chi connectivity index (χ0) is 14.1. The topological polar surface area (TPSA) is 55.8 Å². The fourth-order valence-electron chi connectivity index (χ4n) is 2.32. The molecular formula is C14H25NO4. The first kappa shape index (κ1) is 15.8. The molecule has 0 radical (unpaired) electrons. The molecular weight excluding hydrogens is 246 g/mol. The Bertz CT molecular complexity index is 293. The molecule has 0 aromatic heterocycles. The van der Waals surface area contributed by atoms with E-state index in [2.05, 4.69) is 11.7 Å². The second kappa shape index (κ2) is 8.77. The number of nitrogens with zero attached hydrogens (tertiary/aromatic N) is 1. The van der Waals surface area contributed by atoms with E-state index in [-0.39, 0.29) is 5.97 Å². The molecule has 0 aromatic carbocycles. The molecule has 1 unspecified atom stereocenters. The molecule has 0 saturated carbocycles. The van der Waals surface area contributed by atoms with Gasteiger partial charge >= 0.3 is 12.1 Å². The number of hydrogen-bond donors (Lipinski definition) is 0. The van der Waals surface area contributed by atoms with Crippen LogP contribution in [-0.2, 0) is 14.3 Å². The van der Waals surface area contributed by atoms with E-state index >= 15 is 0 Å². The minimum atomic E-state index is -0.455. The number of unbranched alkanes of at least 4 members (excludes halogenated alkanes) is 4. The molecule has 1 atom stereocenters. The highest BCUT2D eigenvalue weighted by Crippen LogP contribution is 2.19. The van der Waals surface area contributed by atoms with Crippen LogP contribution in [0.4, 0.5) is 4.79 Å². The van der Waals surface area contributed by atoms with Crippen molar-refractivity contribution in [1.29, 1.82) is 0 Å². The molecule has 1 aliphatic heterocycles. The number of amides is 1. The van der Waals surface area contributed by atoms with Gasteiger partial charge in [-0.15, -0.1) is 0 Å². The van der Waals surface area contributed by atoms with E-state index in [1.54, 1.807) is 0 Å². The third-order valence-electron chi connectivity index (χ3n) is 3.43. The zero-order valence-electron chi connectivity index (χ0n) is 12.0. The monoisotopic (exact) mass is 271 g/mol. The Morgan fingerprint density at radius 2 is 1.95 bits per heavy atom. The molecule has 0 aliphatic carbocycles. The first-order chi connectivity index (χ1) is 9.20. The van der Waals surface area contributed by atoms with Crippen LogP contribution in [0, 0.1) is 0 Å². The van der Waals surface area contributed by atoms with Gasteiger partial charge in [-0.05, 0) is 19.3 Å². The fraction of sp³-hybridized carbons (Fsp3) is 0.857. The van der Waals surface area contributed by atoms with Crippen LogP contribution in [0.15, 0.2) is 0 Å². The summed E-state index contributed by atoms with van der Waals surface area (Å²) < 4.78 is 9.91. The van der Waals surface area contributed by atoms with Gasteiger partial charge in [0, 0.05) is 6.54 Å². The van der Waals surface area contributed by atoms with Gasteiger partial charge in [0.15, 0.2) is 0 Å². The van der Waals surface area contributed by atoms with Crippen LogP contribution < -0.4 is 0 Å². The maximum atomic E-state index is 11.9. The molecule has 0 spiro atoms. The SMILES string of the molecule is CCCCCCCOC(=O)C1CCCN1C(=O)OC. The lowest BCUT2D eigenvalue weighted by molar-refractivity contribution is -0.148. The first-order valence-corrected chi connectivity index (χ1v) is 7.22. The first-order valence-electron chi connectivity index (χ1n) is 7.22. The van der Waals surface area contributed by atoms with Crippen molar-refractivity contribution in [3.63, 3.8) is 0 Å². The Morgan fingerprint density at radius 3 is 2.63 bits per heavy atom. The summed E-state index contributed by atoms with van der Waals surface area (Å²) in [6.07, 6.45) is 6.66. The molecule has 0 aromatic rings. The minimum Gasteiger partial charge on any atom is -0.464 e. The van der Waals surface area contributed by atoms with E-state index in [9.17, 15) is 9.59 Å². The van der Waals surface area contributed by atoms with E-state index in [1.807, 2.05) is 0 Å². The maximum Gasteiger partial charge on any atom is 0.410 e. The summed E-state index contributed by atoms with van der Waals surface area (Å²) in [7, 11) is 1.33. The molecule has 1 heterocycles. The summed E-state index contributed by atoms with van der Waals surface area (Å²) in [5.74, 6) is -0.293. The lowest BCUT2D eigenvalue weighted by Gasteiger charge is -2.21. The van der Waals surface area contributed by atoms with Gasteiger partial charge in [-0.3, -0.25) is 4.90 Å². The van der Waals surface area contributed by atoms with Gasteiger partial charge in [0.25, 0.3) is 0 Å². The fourth-order valence-corrected chi connectivity index (χ4v) is 2.32. The van der Waals surface area contributed by atoms with E-state index in [1.165, 1.54) is 31.3 Å². The Labute approximate surface area is 115 Å². The Morgan fingerprint density at radius 1 is 1.21 bits per heavy atom. The normalized spacial score (nSPS) is 18.4. The van der Waals surface area contributed by atoms with Gasteiger partial charge in [0.2, 0.25) is 0 Å². The molecule has 1 fully saturated rings. The minimum absolute atomic E-state index is 0.293. The van der Waals surface area contributed by atoms with E-state index in [0.717, 1.165) is 19.3 Å².